The molecule has 0 radical (unpaired) electrons. The summed E-state index contributed by atoms with van der Waals surface area (Å²) in [5.74, 6) is 1.12. The second kappa shape index (κ2) is 7.05. The molecule has 3 aromatic rings. The average molecular weight is 403 g/mol. The maximum Gasteiger partial charge on any atom is 0.229 e. The molecular weight excluding hydrogens is 388 g/mol. The van der Waals surface area contributed by atoms with Crippen molar-refractivity contribution in [2.75, 3.05) is 23.0 Å². The van der Waals surface area contributed by atoms with Crippen LogP contribution in [-0.4, -0.2) is 30.7 Å². The second-order valence-corrected chi connectivity index (χ2v) is 8.38. The van der Waals surface area contributed by atoms with E-state index in [1.165, 1.54) is 6.20 Å². The van der Waals surface area contributed by atoms with Gasteiger partial charge in [-0.05, 0) is 30.3 Å². The van der Waals surface area contributed by atoms with Crippen LogP contribution in [0.4, 0.5) is 23.1 Å². The SMILES string of the molecule is O=S1(=O)CCOc2cccc(c2)Nc2ncc(Cl)c(n2)Nc2cccc1c2. The number of nitrogens with zero attached hydrogens (tertiary/aromatic N) is 2. The number of benzene rings is 2. The molecule has 0 unspecified atom stereocenters. The first-order chi connectivity index (χ1) is 13.0. The Kier molecular flexibility index (Phi) is 4.59. The van der Waals surface area contributed by atoms with Gasteiger partial charge < -0.3 is 15.4 Å². The zero-order valence-electron chi connectivity index (χ0n) is 14.0. The van der Waals surface area contributed by atoms with Crippen LogP contribution in [0.1, 0.15) is 0 Å². The number of aromatic nitrogens is 2. The maximum absolute atomic E-state index is 12.6. The highest BCUT2D eigenvalue weighted by atomic mass is 35.5. The lowest BCUT2D eigenvalue weighted by molar-refractivity contribution is 0.341. The van der Waals surface area contributed by atoms with Crippen LogP contribution in [0.25, 0.3) is 0 Å². The number of nitrogens with one attached hydrogen (secondary N) is 2. The lowest BCUT2D eigenvalue weighted by Gasteiger charge is -2.11. The Labute approximate surface area is 161 Å². The van der Waals surface area contributed by atoms with Crippen molar-refractivity contribution < 1.29 is 13.2 Å². The number of halogens is 1. The minimum Gasteiger partial charge on any atom is -0.492 e. The van der Waals surface area contributed by atoms with Gasteiger partial charge in [0.15, 0.2) is 15.7 Å². The minimum absolute atomic E-state index is 0.0412. The van der Waals surface area contributed by atoms with Gasteiger partial charge in [0.2, 0.25) is 5.95 Å². The molecule has 0 spiro atoms. The molecule has 7 nitrogen and oxygen atoms in total. The lowest BCUT2D eigenvalue weighted by atomic mass is 10.3. The van der Waals surface area contributed by atoms with Gasteiger partial charge in [0.25, 0.3) is 0 Å². The molecule has 1 aliphatic rings. The summed E-state index contributed by atoms with van der Waals surface area (Å²) in [6.07, 6.45) is 1.47. The van der Waals surface area contributed by atoms with Crippen molar-refractivity contribution in [1.82, 2.24) is 9.97 Å². The second-order valence-electron chi connectivity index (χ2n) is 5.86. The van der Waals surface area contributed by atoms with E-state index in [2.05, 4.69) is 20.6 Å². The Morgan fingerprint density at radius 3 is 2.67 bits per heavy atom. The third-order valence-corrected chi connectivity index (χ3v) is 5.86. The highest BCUT2D eigenvalue weighted by molar-refractivity contribution is 7.91. The molecule has 1 aromatic heterocycles. The molecule has 0 saturated carbocycles. The van der Waals surface area contributed by atoms with Crippen LogP contribution in [0.5, 0.6) is 5.75 Å². The highest BCUT2D eigenvalue weighted by Crippen LogP contribution is 2.27. The molecule has 4 rings (SSSR count). The van der Waals surface area contributed by atoms with Gasteiger partial charge in [-0.1, -0.05) is 23.7 Å². The fourth-order valence-electron chi connectivity index (χ4n) is 2.60. The quantitative estimate of drug-likeness (QED) is 0.591. The lowest BCUT2D eigenvalue weighted by Crippen LogP contribution is -2.14. The normalized spacial score (nSPS) is 15.3. The van der Waals surface area contributed by atoms with E-state index in [9.17, 15) is 8.42 Å². The van der Waals surface area contributed by atoms with Crippen LogP contribution in [0.3, 0.4) is 0 Å². The molecule has 0 saturated heterocycles. The van der Waals surface area contributed by atoms with Crippen LogP contribution in [-0.2, 0) is 9.84 Å². The zero-order chi connectivity index (χ0) is 18.9. The molecule has 27 heavy (non-hydrogen) atoms. The summed E-state index contributed by atoms with van der Waals surface area (Å²) in [4.78, 5) is 8.74. The molecule has 6 bridgehead atoms. The van der Waals surface area contributed by atoms with Crippen LogP contribution >= 0.6 is 11.6 Å². The van der Waals surface area contributed by atoms with Gasteiger partial charge in [-0.2, -0.15) is 4.98 Å². The molecule has 2 N–H and O–H groups in total. The Bertz CT molecular complexity index is 1110. The van der Waals surface area contributed by atoms with Crippen LogP contribution in [0, 0.1) is 0 Å². The smallest absolute Gasteiger partial charge is 0.229 e. The number of hydrogen-bond donors (Lipinski definition) is 2. The largest absolute Gasteiger partial charge is 0.492 e. The number of fused-ring (bicyclic) bond motifs is 6. The van der Waals surface area contributed by atoms with Crippen LogP contribution in [0.15, 0.2) is 59.6 Å². The predicted molar refractivity (Wildman–Crippen MR) is 104 cm³/mol. The third kappa shape index (κ3) is 3.96. The van der Waals surface area contributed by atoms with Crippen molar-refractivity contribution in [3.8, 4) is 5.75 Å². The summed E-state index contributed by atoms with van der Waals surface area (Å²) in [5.41, 5.74) is 1.26. The Morgan fingerprint density at radius 1 is 1.04 bits per heavy atom. The summed E-state index contributed by atoms with van der Waals surface area (Å²) in [7, 11) is -3.50. The molecule has 0 atom stereocenters. The molecule has 2 heterocycles. The Morgan fingerprint density at radius 2 is 1.81 bits per heavy atom. The average Bonchev–Trinajstić information content (AvgIpc) is 2.64. The predicted octanol–water partition coefficient (Wildman–Crippen LogP) is 3.78. The van der Waals surface area contributed by atoms with E-state index in [-0.39, 0.29) is 17.3 Å². The van der Waals surface area contributed by atoms with E-state index in [4.69, 9.17) is 16.3 Å². The summed E-state index contributed by atoms with van der Waals surface area (Å²) in [6.45, 7) is 0.0412. The van der Waals surface area contributed by atoms with Gasteiger partial charge in [0, 0.05) is 17.4 Å². The first-order valence-electron chi connectivity index (χ1n) is 8.12. The molecule has 1 aliphatic heterocycles. The standard InChI is InChI=1S/C18H15ClN4O3S/c19-16-11-20-18-22-12-3-1-5-14(9-12)26-7-8-27(24,25)15-6-2-4-13(10-15)21-17(16)23-18/h1-6,9-11H,7-8H2,(H2,20,21,22,23). The number of sulfone groups is 1. The molecule has 2 aromatic carbocycles. The van der Waals surface area contributed by atoms with E-state index in [0.717, 1.165) is 0 Å². The molecule has 0 fully saturated rings. The van der Waals surface area contributed by atoms with Crippen molar-refractivity contribution in [2.24, 2.45) is 0 Å². The van der Waals surface area contributed by atoms with E-state index in [1.807, 2.05) is 6.07 Å². The fourth-order valence-corrected chi connectivity index (χ4v) is 3.87. The third-order valence-electron chi connectivity index (χ3n) is 3.91. The number of anilines is 4. The van der Waals surface area contributed by atoms with Gasteiger partial charge in [-0.25, -0.2) is 13.4 Å². The van der Waals surface area contributed by atoms with Crippen molar-refractivity contribution >= 4 is 44.6 Å². The monoisotopic (exact) mass is 402 g/mol. The molecule has 0 amide bonds. The van der Waals surface area contributed by atoms with E-state index < -0.39 is 9.84 Å². The van der Waals surface area contributed by atoms with Crippen LogP contribution < -0.4 is 15.4 Å². The zero-order valence-corrected chi connectivity index (χ0v) is 15.6. The van der Waals surface area contributed by atoms with Gasteiger partial charge in [-0.15, -0.1) is 0 Å². The number of rotatable bonds is 0. The van der Waals surface area contributed by atoms with Crippen molar-refractivity contribution in [3.63, 3.8) is 0 Å². The summed E-state index contributed by atoms with van der Waals surface area (Å²) in [6, 6.07) is 13.6. The van der Waals surface area contributed by atoms with Crippen molar-refractivity contribution in [2.45, 2.75) is 4.90 Å². The summed E-state index contributed by atoms with van der Waals surface area (Å²) < 4.78 is 30.8. The maximum atomic E-state index is 12.6. The van der Waals surface area contributed by atoms with Crippen LogP contribution in [0.2, 0.25) is 5.02 Å². The molecule has 138 valence electrons. The topological polar surface area (TPSA) is 93.2 Å². The van der Waals surface area contributed by atoms with Crippen molar-refractivity contribution in [3.05, 3.63) is 59.8 Å². The Balaban J connectivity index is 1.81. The Hall–Kier alpha value is -2.84. The van der Waals surface area contributed by atoms with E-state index in [0.29, 0.717) is 33.9 Å². The van der Waals surface area contributed by atoms with Crippen molar-refractivity contribution in [1.29, 1.82) is 0 Å². The van der Waals surface area contributed by atoms with E-state index in [1.54, 1.807) is 42.5 Å². The molecule has 0 aliphatic carbocycles. The molecule has 9 heteroatoms. The summed E-state index contributed by atoms with van der Waals surface area (Å²) >= 11 is 6.19. The first kappa shape index (κ1) is 17.6. The fraction of sp³-hybridized carbons (Fsp3) is 0.111. The summed E-state index contributed by atoms with van der Waals surface area (Å²) in [5, 5.41) is 6.45. The van der Waals surface area contributed by atoms with Gasteiger partial charge >= 0.3 is 0 Å². The highest BCUT2D eigenvalue weighted by Gasteiger charge is 2.16. The van der Waals surface area contributed by atoms with Gasteiger partial charge in [0.05, 0.1) is 16.8 Å². The minimum atomic E-state index is -3.50. The molecular formula is C18H15ClN4O3S. The van der Waals surface area contributed by atoms with Gasteiger partial charge in [-0.3, -0.25) is 0 Å². The number of ether oxygens (including phenoxy) is 1. The number of hydrogen-bond acceptors (Lipinski definition) is 7. The van der Waals surface area contributed by atoms with Gasteiger partial charge in [0.1, 0.15) is 17.4 Å². The van der Waals surface area contributed by atoms with E-state index >= 15 is 0 Å². The first-order valence-corrected chi connectivity index (χ1v) is 10.1.